The molecular formula is C17H34N4O3. The van der Waals surface area contributed by atoms with Gasteiger partial charge in [0.1, 0.15) is 13.1 Å². The maximum Gasteiger partial charge on any atom is 0.239 e. The first-order valence-corrected chi connectivity index (χ1v) is 9.06. The lowest BCUT2D eigenvalue weighted by Gasteiger charge is -2.21. The number of rotatable bonds is 14. The fraction of sp³-hybridized carbons (Fsp3) is 0.824. The number of carbonyl (C=O) groups excluding carboxylic acids is 3. The summed E-state index contributed by atoms with van der Waals surface area (Å²) in [4.78, 5) is 37.2. The predicted octanol–water partition coefficient (Wildman–Crippen LogP) is 0.777. The maximum absolute atomic E-state index is 12.1. The Morgan fingerprint density at radius 2 is 1.29 bits per heavy atom. The molecule has 4 N–H and O–H groups in total. The van der Waals surface area contributed by atoms with Crippen LogP contribution in [0.15, 0.2) is 0 Å². The van der Waals surface area contributed by atoms with E-state index in [2.05, 4.69) is 24.5 Å². The van der Waals surface area contributed by atoms with E-state index in [0.717, 1.165) is 38.5 Å². The molecular weight excluding hydrogens is 308 g/mol. The van der Waals surface area contributed by atoms with Crippen LogP contribution >= 0.6 is 0 Å². The summed E-state index contributed by atoms with van der Waals surface area (Å²) in [7, 11) is 0. The molecule has 0 heterocycles. The Bertz CT molecular complexity index is 349. The highest BCUT2D eigenvalue weighted by molar-refractivity contribution is 5.89. The quantitative estimate of drug-likeness (QED) is 0.406. The molecule has 0 fully saturated rings. The van der Waals surface area contributed by atoms with Crippen LogP contribution in [0.4, 0.5) is 0 Å². The number of amides is 3. The lowest BCUT2D eigenvalue weighted by molar-refractivity contribution is -0.139. The minimum Gasteiger partial charge on any atom is -0.355 e. The molecule has 7 nitrogen and oxygen atoms in total. The van der Waals surface area contributed by atoms with Gasteiger partial charge in [-0.2, -0.15) is 0 Å². The van der Waals surface area contributed by atoms with Gasteiger partial charge in [-0.3, -0.25) is 14.4 Å². The molecule has 0 radical (unpaired) electrons. The van der Waals surface area contributed by atoms with Crippen LogP contribution in [0.3, 0.4) is 0 Å². The molecule has 0 unspecified atom stereocenters. The highest BCUT2D eigenvalue weighted by atomic mass is 16.2. The Kier molecular flexibility index (Phi) is 13.9. The van der Waals surface area contributed by atoms with Gasteiger partial charge in [0.05, 0.1) is 0 Å². The molecule has 3 amide bonds. The van der Waals surface area contributed by atoms with Gasteiger partial charge in [0, 0.05) is 26.1 Å². The van der Waals surface area contributed by atoms with Gasteiger partial charge in [-0.05, 0) is 12.8 Å². The van der Waals surface area contributed by atoms with Gasteiger partial charge in [-0.15, -0.1) is 0 Å². The largest absolute Gasteiger partial charge is 0.355 e. The number of hydrogen-bond acceptors (Lipinski definition) is 4. The van der Waals surface area contributed by atoms with Crippen molar-refractivity contribution >= 4 is 17.7 Å². The van der Waals surface area contributed by atoms with Crippen molar-refractivity contribution in [3.63, 3.8) is 0 Å². The second kappa shape index (κ2) is 14.9. The fourth-order valence-electron chi connectivity index (χ4n) is 2.18. The molecule has 7 heteroatoms. The zero-order chi connectivity index (χ0) is 18.2. The van der Waals surface area contributed by atoms with Crippen molar-refractivity contribution in [2.24, 2.45) is 5.73 Å². The SMILES string of the molecule is CCCCCNC(=O)CN(CC(=O)NCCCCC)C(=O)CCN. The van der Waals surface area contributed by atoms with Crippen molar-refractivity contribution in [2.45, 2.75) is 58.8 Å². The first-order valence-electron chi connectivity index (χ1n) is 9.06. The van der Waals surface area contributed by atoms with Crippen LogP contribution in [0, 0.1) is 0 Å². The number of unbranched alkanes of at least 4 members (excludes halogenated alkanes) is 4. The third-order valence-electron chi connectivity index (χ3n) is 3.58. The Labute approximate surface area is 145 Å². The summed E-state index contributed by atoms with van der Waals surface area (Å²) in [5.74, 6) is -0.754. The number of nitrogens with one attached hydrogen (secondary N) is 2. The molecule has 0 bridgehead atoms. The minimum absolute atomic E-state index is 0.104. The van der Waals surface area contributed by atoms with Crippen LogP contribution in [0.2, 0.25) is 0 Å². The van der Waals surface area contributed by atoms with Crippen LogP contribution in [0.25, 0.3) is 0 Å². The monoisotopic (exact) mass is 342 g/mol. The van der Waals surface area contributed by atoms with E-state index in [9.17, 15) is 14.4 Å². The van der Waals surface area contributed by atoms with E-state index in [1.807, 2.05) is 0 Å². The van der Waals surface area contributed by atoms with Gasteiger partial charge in [0.2, 0.25) is 17.7 Å². The lowest BCUT2D eigenvalue weighted by atomic mass is 10.2. The third-order valence-corrected chi connectivity index (χ3v) is 3.58. The summed E-state index contributed by atoms with van der Waals surface area (Å²) < 4.78 is 0. The van der Waals surface area contributed by atoms with Crippen LogP contribution in [0.1, 0.15) is 58.8 Å². The van der Waals surface area contributed by atoms with Crippen molar-refractivity contribution in [2.75, 3.05) is 32.7 Å². The summed E-state index contributed by atoms with van der Waals surface area (Å²) >= 11 is 0. The van der Waals surface area contributed by atoms with E-state index in [1.165, 1.54) is 4.90 Å². The molecule has 0 atom stereocenters. The first kappa shape index (κ1) is 22.4. The smallest absolute Gasteiger partial charge is 0.239 e. The van der Waals surface area contributed by atoms with Gasteiger partial charge in [-0.25, -0.2) is 0 Å². The van der Waals surface area contributed by atoms with Crippen molar-refractivity contribution in [1.82, 2.24) is 15.5 Å². The molecule has 0 spiro atoms. The highest BCUT2D eigenvalue weighted by Gasteiger charge is 2.19. The fourth-order valence-corrected chi connectivity index (χ4v) is 2.18. The molecule has 0 aliphatic rings. The molecule has 0 saturated heterocycles. The zero-order valence-corrected chi connectivity index (χ0v) is 15.2. The maximum atomic E-state index is 12.1. The first-order chi connectivity index (χ1) is 11.5. The van der Waals surface area contributed by atoms with E-state index in [1.54, 1.807) is 0 Å². The molecule has 0 rings (SSSR count). The molecule has 0 aromatic heterocycles. The van der Waals surface area contributed by atoms with Gasteiger partial charge in [0.15, 0.2) is 0 Å². The standard InChI is InChI=1S/C17H34N4O3/c1-3-5-7-11-19-15(22)13-21(17(24)9-10-18)14-16(23)20-12-8-6-4-2/h3-14,18H2,1-2H3,(H,19,22)(H,20,23). The number of hydrogen-bond donors (Lipinski definition) is 3. The predicted molar refractivity (Wildman–Crippen MR) is 95.3 cm³/mol. The summed E-state index contributed by atoms with van der Waals surface area (Å²) in [5.41, 5.74) is 5.41. The van der Waals surface area contributed by atoms with Gasteiger partial charge >= 0.3 is 0 Å². The minimum atomic E-state index is -0.273. The van der Waals surface area contributed by atoms with Gasteiger partial charge < -0.3 is 21.3 Å². The number of nitrogens with zero attached hydrogens (tertiary/aromatic N) is 1. The molecule has 24 heavy (non-hydrogen) atoms. The Hall–Kier alpha value is -1.63. The average Bonchev–Trinajstić information content (AvgIpc) is 2.55. The number of nitrogens with two attached hydrogens (primary N) is 1. The second-order valence-electron chi connectivity index (χ2n) is 5.90. The summed E-state index contributed by atoms with van der Waals surface area (Å²) in [6, 6.07) is 0. The second-order valence-corrected chi connectivity index (χ2v) is 5.90. The summed E-state index contributed by atoms with van der Waals surface area (Å²) in [6.07, 6.45) is 6.22. The van der Waals surface area contributed by atoms with E-state index in [-0.39, 0.29) is 43.8 Å². The molecule has 0 saturated carbocycles. The Morgan fingerprint density at radius 3 is 1.67 bits per heavy atom. The molecule has 0 aliphatic carbocycles. The Balaban J connectivity index is 4.33. The summed E-state index contributed by atoms with van der Waals surface area (Å²) in [6.45, 7) is 5.36. The van der Waals surface area contributed by atoms with Gasteiger partial charge in [0.25, 0.3) is 0 Å². The topological polar surface area (TPSA) is 105 Å². The van der Waals surface area contributed by atoms with Gasteiger partial charge in [-0.1, -0.05) is 39.5 Å². The van der Waals surface area contributed by atoms with E-state index >= 15 is 0 Å². The van der Waals surface area contributed by atoms with Crippen LogP contribution < -0.4 is 16.4 Å². The molecule has 140 valence electrons. The van der Waals surface area contributed by atoms with Crippen molar-refractivity contribution < 1.29 is 14.4 Å². The van der Waals surface area contributed by atoms with E-state index < -0.39 is 0 Å². The third kappa shape index (κ3) is 11.9. The normalized spacial score (nSPS) is 10.3. The van der Waals surface area contributed by atoms with Crippen molar-refractivity contribution in [3.8, 4) is 0 Å². The highest BCUT2D eigenvalue weighted by Crippen LogP contribution is 1.96. The van der Waals surface area contributed by atoms with E-state index in [4.69, 9.17) is 5.73 Å². The summed E-state index contributed by atoms with van der Waals surface area (Å²) in [5, 5.41) is 5.56. The Morgan fingerprint density at radius 1 is 0.833 bits per heavy atom. The van der Waals surface area contributed by atoms with Crippen LogP contribution in [-0.4, -0.2) is 55.3 Å². The van der Waals surface area contributed by atoms with Crippen LogP contribution in [0.5, 0.6) is 0 Å². The van der Waals surface area contributed by atoms with E-state index in [0.29, 0.717) is 13.1 Å². The number of carbonyl (C=O) groups is 3. The lowest BCUT2D eigenvalue weighted by Crippen LogP contribution is -2.46. The van der Waals surface area contributed by atoms with Crippen molar-refractivity contribution in [1.29, 1.82) is 0 Å². The zero-order valence-electron chi connectivity index (χ0n) is 15.2. The molecule has 0 aromatic rings. The molecule has 0 aromatic carbocycles. The molecule has 0 aliphatic heterocycles. The van der Waals surface area contributed by atoms with Crippen LogP contribution in [-0.2, 0) is 14.4 Å². The average molecular weight is 342 g/mol. The van der Waals surface area contributed by atoms with Crippen molar-refractivity contribution in [3.05, 3.63) is 0 Å².